The zero-order valence-corrected chi connectivity index (χ0v) is 16.9. The van der Waals surface area contributed by atoms with Gasteiger partial charge < -0.3 is 5.11 Å². The lowest BCUT2D eigenvalue weighted by Gasteiger charge is -2.27. The Balaban J connectivity index is 1.89. The molecule has 3 aromatic rings. The highest BCUT2D eigenvalue weighted by Crippen LogP contribution is 2.42. The van der Waals surface area contributed by atoms with Crippen LogP contribution in [0.15, 0.2) is 84.1 Å². The number of amides is 1. The molecule has 0 radical (unpaired) electrons. The largest absolute Gasteiger partial charge is 0.503 e. The molecule has 7 heteroatoms. The van der Waals surface area contributed by atoms with Gasteiger partial charge in [-0.1, -0.05) is 47.5 Å². The standard InChI is InChI=1S/C23H14Cl2FNO3/c24-15-9-5-13(6-10-15)20-19(21(28)14-7-11-16(25)12-8-14)22(29)23(30)27(20)18-4-2-1-3-17(18)26/h1-12,20,29H. The number of nitrogens with zero attached hydrogens (tertiary/aromatic N) is 1. The Morgan fingerprint density at radius 1 is 0.900 bits per heavy atom. The highest BCUT2D eigenvalue weighted by molar-refractivity contribution is 6.31. The molecule has 30 heavy (non-hydrogen) atoms. The van der Waals surface area contributed by atoms with Crippen molar-refractivity contribution in [3.63, 3.8) is 0 Å². The molecule has 4 rings (SSSR count). The van der Waals surface area contributed by atoms with Gasteiger partial charge >= 0.3 is 0 Å². The Labute approximate surface area is 181 Å². The minimum atomic E-state index is -1.03. The quantitative estimate of drug-likeness (QED) is 0.511. The molecule has 1 unspecified atom stereocenters. The topological polar surface area (TPSA) is 57.6 Å². The maximum Gasteiger partial charge on any atom is 0.294 e. The summed E-state index contributed by atoms with van der Waals surface area (Å²) in [7, 11) is 0. The molecule has 1 aliphatic heterocycles. The molecule has 1 aliphatic rings. The molecule has 1 amide bonds. The van der Waals surface area contributed by atoms with Crippen molar-refractivity contribution in [2.75, 3.05) is 4.90 Å². The Morgan fingerprint density at radius 3 is 2.07 bits per heavy atom. The first kappa shape index (κ1) is 20.1. The number of aliphatic hydroxyl groups excluding tert-OH is 1. The van der Waals surface area contributed by atoms with Crippen molar-refractivity contribution in [2.45, 2.75) is 6.04 Å². The lowest BCUT2D eigenvalue weighted by Crippen LogP contribution is -2.31. The summed E-state index contributed by atoms with van der Waals surface area (Å²) in [5, 5.41) is 11.5. The summed E-state index contributed by atoms with van der Waals surface area (Å²) in [4.78, 5) is 27.3. The van der Waals surface area contributed by atoms with Gasteiger partial charge in [0.2, 0.25) is 0 Å². The summed E-state index contributed by atoms with van der Waals surface area (Å²) in [5.41, 5.74) is 0.543. The number of para-hydroxylation sites is 1. The molecule has 1 N–H and O–H groups in total. The summed E-state index contributed by atoms with van der Waals surface area (Å²) >= 11 is 11.9. The van der Waals surface area contributed by atoms with E-state index in [4.69, 9.17) is 23.2 Å². The second kappa shape index (κ2) is 7.94. The monoisotopic (exact) mass is 441 g/mol. The van der Waals surface area contributed by atoms with Crippen LogP contribution in [-0.2, 0) is 4.79 Å². The average molecular weight is 442 g/mol. The van der Waals surface area contributed by atoms with Gasteiger partial charge in [-0.25, -0.2) is 4.39 Å². The predicted octanol–water partition coefficient (Wildman–Crippen LogP) is 5.92. The van der Waals surface area contributed by atoms with Gasteiger partial charge in [0.05, 0.1) is 17.3 Å². The van der Waals surface area contributed by atoms with Gasteiger partial charge in [-0.3, -0.25) is 14.5 Å². The van der Waals surface area contributed by atoms with E-state index in [0.29, 0.717) is 15.6 Å². The predicted molar refractivity (Wildman–Crippen MR) is 114 cm³/mol. The van der Waals surface area contributed by atoms with E-state index < -0.39 is 29.3 Å². The molecule has 1 atom stereocenters. The van der Waals surface area contributed by atoms with Crippen LogP contribution in [0.2, 0.25) is 10.0 Å². The molecular formula is C23H14Cl2FNO3. The van der Waals surface area contributed by atoms with Crippen LogP contribution < -0.4 is 4.90 Å². The van der Waals surface area contributed by atoms with Gasteiger partial charge in [0, 0.05) is 15.6 Å². The number of halogens is 3. The number of anilines is 1. The van der Waals surface area contributed by atoms with Crippen molar-refractivity contribution in [3.05, 3.63) is 111 Å². The zero-order chi connectivity index (χ0) is 21.4. The van der Waals surface area contributed by atoms with Crippen LogP contribution in [0.25, 0.3) is 0 Å². The average Bonchev–Trinajstić information content (AvgIpc) is 3.00. The minimum absolute atomic E-state index is 0.0482. The number of aliphatic hydroxyl groups is 1. The van der Waals surface area contributed by atoms with E-state index in [0.717, 1.165) is 4.90 Å². The summed E-state index contributed by atoms with van der Waals surface area (Å²) in [5.74, 6) is -2.80. The van der Waals surface area contributed by atoms with Crippen LogP contribution in [0.4, 0.5) is 10.1 Å². The van der Waals surface area contributed by atoms with Gasteiger partial charge in [-0.2, -0.15) is 0 Å². The van der Waals surface area contributed by atoms with Crippen molar-refractivity contribution in [1.29, 1.82) is 0 Å². The van der Waals surface area contributed by atoms with Gasteiger partial charge in [0.15, 0.2) is 11.5 Å². The van der Waals surface area contributed by atoms with E-state index in [1.165, 1.54) is 42.5 Å². The first-order valence-corrected chi connectivity index (χ1v) is 9.71. The number of benzene rings is 3. The Bertz CT molecular complexity index is 1170. The van der Waals surface area contributed by atoms with Crippen molar-refractivity contribution < 1.29 is 19.1 Å². The second-order valence-corrected chi connectivity index (χ2v) is 7.55. The molecule has 0 aliphatic carbocycles. The maximum atomic E-state index is 14.6. The molecule has 0 saturated carbocycles. The van der Waals surface area contributed by atoms with E-state index >= 15 is 0 Å². The number of carbonyl (C=O) groups excluding carboxylic acids is 2. The smallest absolute Gasteiger partial charge is 0.294 e. The lowest BCUT2D eigenvalue weighted by atomic mass is 9.92. The van der Waals surface area contributed by atoms with Crippen molar-refractivity contribution in [2.24, 2.45) is 0 Å². The lowest BCUT2D eigenvalue weighted by molar-refractivity contribution is -0.117. The Hall–Kier alpha value is -3.15. The van der Waals surface area contributed by atoms with E-state index in [9.17, 15) is 19.1 Å². The molecule has 0 saturated heterocycles. The van der Waals surface area contributed by atoms with Crippen molar-refractivity contribution in [3.8, 4) is 0 Å². The van der Waals surface area contributed by atoms with E-state index in [2.05, 4.69) is 0 Å². The SMILES string of the molecule is O=C(C1=C(O)C(=O)N(c2ccccc2F)C1c1ccc(Cl)cc1)c1ccc(Cl)cc1. The van der Waals surface area contributed by atoms with E-state index in [1.807, 2.05) is 0 Å². The highest BCUT2D eigenvalue weighted by atomic mass is 35.5. The molecule has 3 aromatic carbocycles. The van der Waals surface area contributed by atoms with Gasteiger partial charge in [-0.05, 0) is 54.1 Å². The van der Waals surface area contributed by atoms with Crippen LogP contribution in [0.5, 0.6) is 0 Å². The van der Waals surface area contributed by atoms with Crippen LogP contribution in [0, 0.1) is 5.82 Å². The first-order valence-electron chi connectivity index (χ1n) is 8.95. The maximum absolute atomic E-state index is 14.6. The van der Waals surface area contributed by atoms with Crippen molar-refractivity contribution >= 4 is 40.6 Å². The molecule has 4 nitrogen and oxygen atoms in total. The van der Waals surface area contributed by atoms with Crippen molar-refractivity contribution in [1.82, 2.24) is 0 Å². The summed E-state index contributed by atoms with van der Waals surface area (Å²) in [6, 6.07) is 17.2. The number of carbonyl (C=O) groups is 2. The minimum Gasteiger partial charge on any atom is -0.503 e. The molecule has 0 bridgehead atoms. The van der Waals surface area contributed by atoms with E-state index in [-0.39, 0.29) is 16.8 Å². The van der Waals surface area contributed by atoms with Crippen LogP contribution >= 0.6 is 23.2 Å². The number of Topliss-reactive ketones (excluding diaryl/α,β-unsaturated/α-hetero) is 1. The number of ketones is 1. The third kappa shape index (κ3) is 3.47. The third-order valence-corrected chi connectivity index (χ3v) is 5.36. The fourth-order valence-corrected chi connectivity index (χ4v) is 3.70. The number of hydrogen-bond donors (Lipinski definition) is 1. The zero-order valence-electron chi connectivity index (χ0n) is 15.4. The summed E-state index contributed by atoms with van der Waals surface area (Å²) in [6.07, 6.45) is 0. The molecule has 150 valence electrons. The molecule has 0 spiro atoms. The van der Waals surface area contributed by atoms with Gasteiger partial charge in [0.1, 0.15) is 5.82 Å². The number of rotatable bonds is 4. The van der Waals surface area contributed by atoms with Crippen LogP contribution in [0.3, 0.4) is 0 Å². The second-order valence-electron chi connectivity index (χ2n) is 6.68. The van der Waals surface area contributed by atoms with Crippen LogP contribution in [-0.4, -0.2) is 16.8 Å². The Morgan fingerprint density at radius 2 is 1.47 bits per heavy atom. The fourth-order valence-electron chi connectivity index (χ4n) is 3.45. The normalized spacial score (nSPS) is 16.3. The van der Waals surface area contributed by atoms with Gasteiger partial charge in [0.25, 0.3) is 5.91 Å². The number of hydrogen-bond acceptors (Lipinski definition) is 3. The molecule has 0 aromatic heterocycles. The Kier molecular flexibility index (Phi) is 5.33. The third-order valence-electron chi connectivity index (χ3n) is 4.86. The van der Waals surface area contributed by atoms with E-state index in [1.54, 1.807) is 30.3 Å². The molecule has 1 heterocycles. The van der Waals surface area contributed by atoms with Crippen LogP contribution in [0.1, 0.15) is 22.0 Å². The highest BCUT2D eigenvalue weighted by Gasteiger charge is 2.45. The summed E-state index contributed by atoms with van der Waals surface area (Å²) < 4.78 is 14.6. The van der Waals surface area contributed by atoms with Gasteiger partial charge in [-0.15, -0.1) is 0 Å². The first-order chi connectivity index (χ1) is 14.4. The molecular weight excluding hydrogens is 428 g/mol. The molecule has 0 fully saturated rings. The fraction of sp³-hybridized carbons (Fsp3) is 0.0435. The summed E-state index contributed by atoms with van der Waals surface area (Å²) in [6.45, 7) is 0.